The van der Waals surface area contributed by atoms with Crippen molar-refractivity contribution in [3.05, 3.63) is 35.9 Å². The van der Waals surface area contributed by atoms with E-state index in [0.717, 1.165) is 45.7 Å². The topological polar surface area (TPSA) is 58.6 Å². The molecule has 138 valence electrons. The van der Waals surface area contributed by atoms with Crippen LogP contribution in [0.25, 0.3) is 0 Å². The molecule has 25 heavy (non-hydrogen) atoms. The summed E-state index contributed by atoms with van der Waals surface area (Å²) in [6.07, 6.45) is 2.18. The number of ketones is 1. The van der Waals surface area contributed by atoms with E-state index >= 15 is 0 Å². The fourth-order valence-electron chi connectivity index (χ4n) is 3.05. The highest BCUT2D eigenvalue weighted by Crippen LogP contribution is 2.13. The molecule has 1 heterocycles. The molecule has 1 fully saturated rings. The zero-order chi connectivity index (χ0) is 18.1. The largest absolute Gasteiger partial charge is 0.379 e. The van der Waals surface area contributed by atoms with Crippen LogP contribution in [0.4, 0.5) is 0 Å². The first kappa shape index (κ1) is 19.6. The van der Waals surface area contributed by atoms with Gasteiger partial charge in [-0.05, 0) is 31.0 Å². The molecule has 1 aliphatic rings. The summed E-state index contributed by atoms with van der Waals surface area (Å²) in [7, 11) is 0. The molecule has 0 aliphatic carbocycles. The van der Waals surface area contributed by atoms with Gasteiger partial charge in [0.25, 0.3) is 5.91 Å². The molecular formula is C20H30N2O3. The molecule has 0 radical (unpaired) electrons. The summed E-state index contributed by atoms with van der Waals surface area (Å²) in [5.41, 5.74) is 0.594. The van der Waals surface area contributed by atoms with Gasteiger partial charge in [-0.2, -0.15) is 0 Å². The Morgan fingerprint density at radius 1 is 1.20 bits per heavy atom. The lowest BCUT2D eigenvalue weighted by molar-refractivity contribution is -0.122. The number of ether oxygens (including phenoxy) is 1. The Kier molecular flexibility index (Phi) is 8.09. The minimum Gasteiger partial charge on any atom is -0.379 e. The van der Waals surface area contributed by atoms with Gasteiger partial charge in [-0.25, -0.2) is 0 Å². The normalized spacial score (nSPS) is 17.7. The molecule has 5 heteroatoms. The molecule has 2 rings (SSSR count). The molecule has 1 aliphatic heterocycles. The summed E-state index contributed by atoms with van der Waals surface area (Å²) >= 11 is 0. The molecule has 5 nitrogen and oxygen atoms in total. The van der Waals surface area contributed by atoms with E-state index in [9.17, 15) is 9.59 Å². The highest BCUT2D eigenvalue weighted by Gasteiger charge is 2.26. The third-order valence-corrected chi connectivity index (χ3v) is 4.88. The molecule has 1 aromatic carbocycles. The Labute approximate surface area is 150 Å². The SMILES string of the molecule is CC[C@H](C)[C@H](NC(=O)c1ccccc1)C(=O)CCCN1CCOCC1. The number of morpholine rings is 1. The molecule has 1 amide bonds. The first-order valence-corrected chi connectivity index (χ1v) is 9.30. The van der Waals surface area contributed by atoms with Gasteiger partial charge in [0, 0.05) is 25.1 Å². The molecule has 0 bridgehead atoms. The highest BCUT2D eigenvalue weighted by atomic mass is 16.5. The Morgan fingerprint density at radius 2 is 1.88 bits per heavy atom. The fraction of sp³-hybridized carbons (Fsp3) is 0.600. The number of nitrogens with zero attached hydrogens (tertiary/aromatic N) is 1. The quantitative estimate of drug-likeness (QED) is 0.746. The summed E-state index contributed by atoms with van der Waals surface area (Å²) in [6, 6.07) is 8.66. The molecule has 0 saturated carbocycles. The van der Waals surface area contributed by atoms with Crippen LogP contribution in [0.3, 0.4) is 0 Å². The second-order valence-electron chi connectivity index (χ2n) is 6.73. The zero-order valence-electron chi connectivity index (χ0n) is 15.4. The van der Waals surface area contributed by atoms with Crippen LogP contribution in [0.1, 0.15) is 43.5 Å². The molecule has 0 unspecified atom stereocenters. The number of nitrogens with one attached hydrogen (secondary N) is 1. The molecule has 2 atom stereocenters. The van der Waals surface area contributed by atoms with E-state index < -0.39 is 6.04 Å². The van der Waals surface area contributed by atoms with Gasteiger partial charge in [-0.3, -0.25) is 14.5 Å². The Morgan fingerprint density at radius 3 is 2.52 bits per heavy atom. The second kappa shape index (κ2) is 10.3. The van der Waals surface area contributed by atoms with Crippen LogP contribution in [0.2, 0.25) is 0 Å². The minimum atomic E-state index is -0.414. The van der Waals surface area contributed by atoms with Crippen molar-refractivity contribution in [2.24, 2.45) is 5.92 Å². The molecule has 0 aromatic heterocycles. The Hall–Kier alpha value is -1.72. The lowest BCUT2D eigenvalue weighted by atomic mass is 9.92. The standard InChI is InChI=1S/C20H30N2O3/c1-3-16(2)19(21-20(24)17-8-5-4-6-9-17)18(23)10-7-11-22-12-14-25-15-13-22/h4-6,8-9,16,19H,3,7,10-15H2,1-2H3,(H,21,24)/t16-,19-/m0/s1. The van der Waals surface area contributed by atoms with E-state index in [4.69, 9.17) is 4.74 Å². The van der Waals surface area contributed by atoms with Crippen molar-refractivity contribution in [2.75, 3.05) is 32.8 Å². The van der Waals surface area contributed by atoms with Gasteiger partial charge in [-0.15, -0.1) is 0 Å². The molecular weight excluding hydrogens is 316 g/mol. The van der Waals surface area contributed by atoms with Crippen LogP contribution < -0.4 is 5.32 Å². The number of hydrogen-bond acceptors (Lipinski definition) is 4. The van der Waals surface area contributed by atoms with Gasteiger partial charge in [0.05, 0.1) is 19.3 Å². The lowest BCUT2D eigenvalue weighted by Crippen LogP contribution is -2.45. The fourth-order valence-corrected chi connectivity index (χ4v) is 3.05. The zero-order valence-corrected chi connectivity index (χ0v) is 15.4. The van der Waals surface area contributed by atoms with Crippen LogP contribution in [-0.2, 0) is 9.53 Å². The van der Waals surface area contributed by atoms with Gasteiger partial charge in [-0.1, -0.05) is 38.5 Å². The van der Waals surface area contributed by atoms with Crippen LogP contribution in [0, 0.1) is 5.92 Å². The van der Waals surface area contributed by atoms with E-state index in [1.807, 2.05) is 32.0 Å². The monoisotopic (exact) mass is 346 g/mol. The first-order valence-electron chi connectivity index (χ1n) is 9.30. The summed E-state index contributed by atoms with van der Waals surface area (Å²) in [4.78, 5) is 27.4. The van der Waals surface area contributed by atoms with Crippen LogP contribution in [-0.4, -0.2) is 55.5 Å². The van der Waals surface area contributed by atoms with Crippen molar-refractivity contribution in [1.82, 2.24) is 10.2 Å². The van der Waals surface area contributed by atoms with E-state index in [2.05, 4.69) is 10.2 Å². The third kappa shape index (κ3) is 6.25. The van der Waals surface area contributed by atoms with Crippen LogP contribution in [0.5, 0.6) is 0 Å². The van der Waals surface area contributed by atoms with Crippen LogP contribution in [0.15, 0.2) is 30.3 Å². The predicted molar refractivity (Wildman–Crippen MR) is 98.7 cm³/mol. The number of carbonyl (C=O) groups excluding carboxylic acids is 2. The molecule has 1 saturated heterocycles. The number of Topliss-reactive ketones (excluding diaryl/α,β-unsaturated/α-hetero) is 1. The molecule has 1 N–H and O–H groups in total. The second-order valence-corrected chi connectivity index (χ2v) is 6.73. The Bertz CT molecular complexity index is 541. The van der Waals surface area contributed by atoms with E-state index in [1.54, 1.807) is 12.1 Å². The van der Waals surface area contributed by atoms with Crippen molar-refractivity contribution < 1.29 is 14.3 Å². The first-order chi connectivity index (χ1) is 12.1. The number of rotatable bonds is 9. The highest BCUT2D eigenvalue weighted by molar-refractivity contribution is 5.98. The van der Waals surface area contributed by atoms with Crippen molar-refractivity contribution in [1.29, 1.82) is 0 Å². The number of carbonyl (C=O) groups is 2. The van der Waals surface area contributed by atoms with Crippen molar-refractivity contribution in [3.63, 3.8) is 0 Å². The van der Waals surface area contributed by atoms with E-state index in [-0.39, 0.29) is 17.6 Å². The van der Waals surface area contributed by atoms with E-state index in [1.165, 1.54) is 0 Å². The molecule has 1 aromatic rings. The number of amides is 1. The van der Waals surface area contributed by atoms with E-state index in [0.29, 0.717) is 12.0 Å². The maximum absolute atomic E-state index is 12.7. The molecule has 0 spiro atoms. The maximum Gasteiger partial charge on any atom is 0.251 e. The van der Waals surface area contributed by atoms with Gasteiger partial charge < -0.3 is 10.1 Å². The summed E-state index contributed by atoms with van der Waals surface area (Å²) < 4.78 is 5.34. The number of benzene rings is 1. The van der Waals surface area contributed by atoms with Crippen molar-refractivity contribution >= 4 is 11.7 Å². The van der Waals surface area contributed by atoms with Gasteiger partial charge in [0.15, 0.2) is 5.78 Å². The summed E-state index contributed by atoms with van der Waals surface area (Å²) in [5, 5.41) is 2.95. The van der Waals surface area contributed by atoms with Crippen molar-refractivity contribution in [3.8, 4) is 0 Å². The van der Waals surface area contributed by atoms with Gasteiger partial charge >= 0.3 is 0 Å². The summed E-state index contributed by atoms with van der Waals surface area (Å²) in [6.45, 7) is 8.41. The van der Waals surface area contributed by atoms with Gasteiger partial charge in [0.2, 0.25) is 0 Å². The third-order valence-electron chi connectivity index (χ3n) is 4.88. The van der Waals surface area contributed by atoms with Gasteiger partial charge in [0.1, 0.15) is 0 Å². The average molecular weight is 346 g/mol. The smallest absolute Gasteiger partial charge is 0.251 e. The predicted octanol–water partition coefficient (Wildman–Crippen LogP) is 2.51. The number of hydrogen-bond donors (Lipinski definition) is 1. The van der Waals surface area contributed by atoms with Crippen LogP contribution >= 0.6 is 0 Å². The Balaban J connectivity index is 1.87. The summed E-state index contributed by atoms with van der Waals surface area (Å²) in [5.74, 6) is 0.0860. The maximum atomic E-state index is 12.7. The minimum absolute atomic E-state index is 0.128. The van der Waals surface area contributed by atoms with Crippen molar-refractivity contribution in [2.45, 2.75) is 39.2 Å². The lowest BCUT2D eigenvalue weighted by Gasteiger charge is -2.27. The average Bonchev–Trinajstić information content (AvgIpc) is 2.66.